The first-order chi connectivity index (χ1) is 11.1. The monoisotopic (exact) mass is 334 g/mol. The summed E-state index contributed by atoms with van der Waals surface area (Å²) in [6.07, 6.45) is -1.34. The van der Waals surface area contributed by atoms with Gasteiger partial charge in [-0.3, -0.25) is 0 Å². The van der Waals surface area contributed by atoms with Crippen LogP contribution < -0.4 is 5.32 Å². The summed E-state index contributed by atoms with van der Waals surface area (Å²) in [5, 5.41) is 14.9. The van der Waals surface area contributed by atoms with Gasteiger partial charge < -0.3 is 10.4 Å². The second-order valence-electron chi connectivity index (χ2n) is 5.05. The Labute approximate surface area is 136 Å². The molecule has 0 saturated heterocycles. The third-order valence-electron chi connectivity index (χ3n) is 3.50. The molecule has 0 amide bonds. The fourth-order valence-electron chi connectivity index (χ4n) is 2.38. The van der Waals surface area contributed by atoms with E-state index >= 15 is 0 Å². The number of pyridine rings is 1. The number of rotatable bonds is 4. The number of halogens is 3. The van der Waals surface area contributed by atoms with Gasteiger partial charge >= 0.3 is 0 Å². The molecule has 0 spiro atoms. The molecule has 0 bridgehead atoms. The minimum Gasteiger partial charge on any atom is -0.386 e. The van der Waals surface area contributed by atoms with Gasteiger partial charge in [-0.15, -0.1) is 0 Å². The third-order valence-corrected chi connectivity index (χ3v) is 3.79. The Hall–Kier alpha value is -2.24. The second kappa shape index (κ2) is 6.48. The van der Waals surface area contributed by atoms with Crippen molar-refractivity contribution in [3.05, 3.63) is 70.9 Å². The van der Waals surface area contributed by atoms with E-state index in [1.165, 1.54) is 6.07 Å². The number of hydrogen-bond acceptors (Lipinski definition) is 3. The number of hydrogen-bond donors (Lipinski definition) is 2. The van der Waals surface area contributed by atoms with Gasteiger partial charge in [0.1, 0.15) is 28.7 Å². The molecule has 2 aromatic carbocycles. The van der Waals surface area contributed by atoms with Crippen LogP contribution in [0.3, 0.4) is 0 Å². The van der Waals surface area contributed by atoms with E-state index in [0.29, 0.717) is 11.0 Å². The molecule has 6 heteroatoms. The molecule has 3 nitrogen and oxygen atoms in total. The number of benzene rings is 2. The standard InChI is InChI=1S/C17H13ClF2N2O/c18-17-11-5-2-1-4-10(11)8-15(22-17)21-9-14(23)16-12(19)6-3-7-13(16)20/h1-8,14,23H,9H2,(H,21,22). The van der Waals surface area contributed by atoms with E-state index in [4.69, 9.17) is 11.6 Å². The summed E-state index contributed by atoms with van der Waals surface area (Å²) < 4.78 is 27.3. The lowest BCUT2D eigenvalue weighted by Gasteiger charge is -2.15. The van der Waals surface area contributed by atoms with Gasteiger partial charge in [-0.05, 0) is 23.6 Å². The molecule has 0 aliphatic rings. The van der Waals surface area contributed by atoms with E-state index < -0.39 is 17.7 Å². The summed E-state index contributed by atoms with van der Waals surface area (Å²) >= 11 is 6.11. The van der Waals surface area contributed by atoms with Crippen molar-refractivity contribution >= 4 is 28.2 Å². The summed E-state index contributed by atoms with van der Waals surface area (Å²) in [5.74, 6) is -1.16. The lowest BCUT2D eigenvalue weighted by atomic mass is 10.1. The molecule has 3 aromatic rings. The molecule has 0 aliphatic heterocycles. The van der Waals surface area contributed by atoms with Crippen molar-refractivity contribution in [2.75, 3.05) is 11.9 Å². The quantitative estimate of drug-likeness (QED) is 0.699. The van der Waals surface area contributed by atoms with E-state index in [2.05, 4.69) is 10.3 Å². The average Bonchev–Trinajstić information content (AvgIpc) is 2.53. The van der Waals surface area contributed by atoms with Crippen molar-refractivity contribution in [2.24, 2.45) is 0 Å². The minimum atomic E-state index is -1.34. The Morgan fingerprint density at radius 2 is 1.78 bits per heavy atom. The fourth-order valence-corrected chi connectivity index (χ4v) is 2.64. The molecule has 3 rings (SSSR count). The Bertz CT molecular complexity index is 837. The van der Waals surface area contributed by atoms with Gasteiger partial charge in [0.25, 0.3) is 0 Å². The highest BCUT2D eigenvalue weighted by Crippen LogP contribution is 2.25. The molecule has 1 unspecified atom stereocenters. The topological polar surface area (TPSA) is 45.1 Å². The summed E-state index contributed by atoms with van der Waals surface area (Å²) in [7, 11) is 0. The Morgan fingerprint density at radius 1 is 1.09 bits per heavy atom. The van der Waals surface area contributed by atoms with Crippen LogP contribution in [0.5, 0.6) is 0 Å². The predicted octanol–water partition coefficient (Wildman–Crippen LogP) is 4.31. The van der Waals surface area contributed by atoms with Crippen LogP contribution in [0.15, 0.2) is 48.5 Å². The van der Waals surface area contributed by atoms with Crippen LogP contribution in [0.1, 0.15) is 11.7 Å². The van der Waals surface area contributed by atoms with E-state index in [1.807, 2.05) is 24.3 Å². The molecule has 23 heavy (non-hydrogen) atoms. The number of fused-ring (bicyclic) bond motifs is 1. The van der Waals surface area contributed by atoms with E-state index in [-0.39, 0.29) is 12.1 Å². The molecule has 0 aliphatic carbocycles. The smallest absolute Gasteiger partial charge is 0.139 e. The number of anilines is 1. The van der Waals surface area contributed by atoms with Gasteiger partial charge in [-0.25, -0.2) is 13.8 Å². The molecule has 1 heterocycles. The van der Waals surface area contributed by atoms with Gasteiger partial charge in [-0.2, -0.15) is 0 Å². The first kappa shape index (κ1) is 15.6. The normalized spacial score (nSPS) is 12.3. The maximum absolute atomic E-state index is 13.6. The average molecular weight is 335 g/mol. The van der Waals surface area contributed by atoms with Crippen LogP contribution in [0.25, 0.3) is 10.8 Å². The number of aromatic nitrogens is 1. The Kier molecular flexibility index (Phi) is 4.41. The Balaban J connectivity index is 1.80. The van der Waals surface area contributed by atoms with Gasteiger partial charge in [0, 0.05) is 11.9 Å². The van der Waals surface area contributed by atoms with Gasteiger partial charge in [0.2, 0.25) is 0 Å². The third kappa shape index (κ3) is 3.25. The van der Waals surface area contributed by atoms with E-state index in [9.17, 15) is 13.9 Å². The fraction of sp³-hybridized carbons (Fsp3) is 0.118. The maximum atomic E-state index is 13.6. The number of aliphatic hydroxyl groups is 1. The lowest BCUT2D eigenvalue weighted by molar-refractivity contribution is 0.181. The van der Waals surface area contributed by atoms with Crippen LogP contribution in [-0.2, 0) is 0 Å². The molecule has 1 atom stereocenters. The highest BCUT2D eigenvalue weighted by molar-refractivity contribution is 6.34. The molecular weight excluding hydrogens is 322 g/mol. The molecule has 0 saturated carbocycles. The summed E-state index contributed by atoms with van der Waals surface area (Å²) in [6, 6.07) is 12.7. The van der Waals surface area contributed by atoms with Gasteiger partial charge in [0.05, 0.1) is 5.56 Å². The Morgan fingerprint density at radius 3 is 2.52 bits per heavy atom. The predicted molar refractivity (Wildman–Crippen MR) is 86.6 cm³/mol. The van der Waals surface area contributed by atoms with Crippen LogP contribution >= 0.6 is 11.6 Å². The van der Waals surface area contributed by atoms with Crippen LogP contribution in [0, 0.1) is 11.6 Å². The molecule has 2 N–H and O–H groups in total. The van der Waals surface area contributed by atoms with Crippen LogP contribution in [-0.4, -0.2) is 16.6 Å². The zero-order valence-electron chi connectivity index (χ0n) is 11.9. The summed E-state index contributed by atoms with van der Waals surface area (Å²) in [5.41, 5.74) is -0.369. The van der Waals surface area contributed by atoms with Crippen molar-refractivity contribution in [3.8, 4) is 0 Å². The summed E-state index contributed by atoms with van der Waals surface area (Å²) in [6.45, 7) is -0.0977. The highest BCUT2D eigenvalue weighted by Gasteiger charge is 2.17. The minimum absolute atomic E-state index is 0.0977. The summed E-state index contributed by atoms with van der Waals surface area (Å²) in [4.78, 5) is 4.17. The first-order valence-corrected chi connectivity index (χ1v) is 7.35. The largest absolute Gasteiger partial charge is 0.386 e. The number of nitrogens with one attached hydrogen (secondary N) is 1. The second-order valence-corrected chi connectivity index (χ2v) is 5.41. The van der Waals surface area contributed by atoms with Crippen molar-refractivity contribution in [2.45, 2.75) is 6.10 Å². The number of aliphatic hydroxyl groups excluding tert-OH is 1. The van der Waals surface area contributed by atoms with Crippen molar-refractivity contribution < 1.29 is 13.9 Å². The lowest BCUT2D eigenvalue weighted by Crippen LogP contribution is -2.15. The molecule has 1 aromatic heterocycles. The van der Waals surface area contributed by atoms with E-state index in [1.54, 1.807) is 6.07 Å². The molecule has 0 radical (unpaired) electrons. The van der Waals surface area contributed by atoms with Gasteiger partial charge in [-0.1, -0.05) is 41.9 Å². The molecule has 0 fully saturated rings. The highest BCUT2D eigenvalue weighted by atomic mass is 35.5. The van der Waals surface area contributed by atoms with Crippen LogP contribution in [0.2, 0.25) is 5.15 Å². The molecular formula is C17H13ClF2N2O. The maximum Gasteiger partial charge on any atom is 0.139 e. The van der Waals surface area contributed by atoms with Crippen molar-refractivity contribution in [1.29, 1.82) is 0 Å². The van der Waals surface area contributed by atoms with Crippen LogP contribution in [0.4, 0.5) is 14.6 Å². The zero-order chi connectivity index (χ0) is 16.4. The van der Waals surface area contributed by atoms with Crippen molar-refractivity contribution in [3.63, 3.8) is 0 Å². The van der Waals surface area contributed by atoms with Crippen molar-refractivity contribution in [1.82, 2.24) is 4.98 Å². The van der Waals surface area contributed by atoms with E-state index in [0.717, 1.165) is 22.9 Å². The molecule has 118 valence electrons. The van der Waals surface area contributed by atoms with Gasteiger partial charge in [0.15, 0.2) is 0 Å². The SMILES string of the molecule is OC(CNc1cc2ccccc2c(Cl)n1)c1c(F)cccc1F. The number of nitrogens with zero attached hydrogens (tertiary/aromatic N) is 1. The first-order valence-electron chi connectivity index (χ1n) is 6.97. The zero-order valence-corrected chi connectivity index (χ0v) is 12.7.